The monoisotopic (exact) mass is 342 g/mol. The number of nitrogens with one attached hydrogen (secondary N) is 1. The van der Waals surface area contributed by atoms with Crippen molar-refractivity contribution in [3.05, 3.63) is 65.7 Å². The molecule has 1 N–H and O–H groups in total. The van der Waals surface area contributed by atoms with Gasteiger partial charge < -0.3 is 4.90 Å². The Hall–Kier alpha value is -2.62. The Morgan fingerprint density at radius 1 is 1.17 bits per heavy atom. The highest BCUT2D eigenvalue weighted by Gasteiger charge is 2.17. The summed E-state index contributed by atoms with van der Waals surface area (Å²) >= 11 is 0. The largest absolute Gasteiger partial charge is 0.337 e. The quantitative estimate of drug-likeness (QED) is 0.815. The van der Waals surface area contributed by atoms with E-state index in [0.717, 1.165) is 5.56 Å². The predicted molar refractivity (Wildman–Crippen MR) is 92.7 cm³/mol. The summed E-state index contributed by atoms with van der Waals surface area (Å²) in [6.07, 6.45) is 5.07. The minimum atomic E-state index is -3.73. The van der Waals surface area contributed by atoms with Gasteiger partial charge in [0.15, 0.2) is 0 Å². The lowest BCUT2D eigenvalue weighted by Crippen LogP contribution is -2.27. The zero-order valence-corrected chi connectivity index (χ0v) is 14.1. The highest BCUT2D eigenvalue weighted by molar-refractivity contribution is 7.89. The molecule has 0 saturated carbocycles. The topological polar surface area (TPSA) is 66.5 Å². The van der Waals surface area contributed by atoms with Gasteiger partial charge in [-0.15, -0.1) is 6.42 Å². The molecule has 0 atom stereocenters. The summed E-state index contributed by atoms with van der Waals surface area (Å²) in [5.41, 5.74) is 1.30. The molecule has 0 fully saturated rings. The molecule has 0 aliphatic carbocycles. The fraction of sp³-hybridized carbons (Fsp3) is 0.167. The van der Waals surface area contributed by atoms with E-state index in [1.54, 1.807) is 13.1 Å². The maximum absolute atomic E-state index is 12.5. The molecular formula is C18H18N2O3S. The van der Waals surface area contributed by atoms with E-state index in [1.165, 1.54) is 23.1 Å². The normalized spacial score (nSPS) is 10.8. The second kappa shape index (κ2) is 7.77. The van der Waals surface area contributed by atoms with E-state index in [0.29, 0.717) is 12.1 Å². The molecule has 0 unspecified atom stereocenters. The average molecular weight is 342 g/mol. The van der Waals surface area contributed by atoms with Gasteiger partial charge in [-0.25, -0.2) is 8.42 Å². The van der Waals surface area contributed by atoms with Gasteiger partial charge in [-0.3, -0.25) is 4.79 Å². The van der Waals surface area contributed by atoms with Gasteiger partial charge in [-0.2, -0.15) is 4.72 Å². The molecule has 0 aliphatic rings. The van der Waals surface area contributed by atoms with Gasteiger partial charge in [0.05, 0.1) is 11.4 Å². The fourth-order valence-electron chi connectivity index (χ4n) is 2.17. The first-order chi connectivity index (χ1) is 11.4. The standard InChI is InChI=1S/C18H18N2O3S/c1-3-12-19-24(22,23)17-11-7-10-16(13-17)18(21)20(2)14-15-8-5-4-6-9-15/h1,4-11,13,19H,12,14H2,2H3. The van der Waals surface area contributed by atoms with Gasteiger partial charge in [-0.1, -0.05) is 42.3 Å². The van der Waals surface area contributed by atoms with Crippen LogP contribution in [-0.2, 0) is 16.6 Å². The minimum absolute atomic E-state index is 0.0108. The smallest absolute Gasteiger partial charge is 0.253 e. The Kier molecular flexibility index (Phi) is 5.74. The van der Waals surface area contributed by atoms with Crippen LogP contribution in [0, 0.1) is 12.3 Å². The van der Waals surface area contributed by atoms with Crippen LogP contribution < -0.4 is 4.72 Å². The summed E-state index contributed by atoms with van der Waals surface area (Å²) in [5, 5.41) is 0. The molecular weight excluding hydrogens is 324 g/mol. The van der Waals surface area contributed by atoms with Crippen LogP contribution in [0.15, 0.2) is 59.5 Å². The lowest BCUT2D eigenvalue weighted by molar-refractivity contribution is 0.0785. The molecule has 0 saturated heterocycles. The van der Waals surface area contributed by atoms with Crippen LogP contribution in [-0.4, -0.2) is 32.8 Å². The van der Waals surface area contributed by atoms with Crippen molar-refractivity contribution < 1.29 is 13.2 Å². The summed E-state index contributed by atoms with van der Waals surface area (Å²) in [4.78, 5) is 14.1. The third-order valence-corrected chi connectivity index (χ3v) is 4.76. The first kappa shape index (κ1) is 17.7. The van der Waals surface area contributed by atoms with Gasteiger partial charge in [0, 0.05) is 19.2 Å². The van der Waals surface area contributed by atoms with Crippen LogP contribution in [0.2, 0.25) is 0 Å². The molecule has 5 nitrogen and oxygen atoms in total. The molecule has 0 spiro atoms. The fourth-order valence-corrected chi connectivity index (χ4v) is 3.15. The SMILES string of the molecule is C#CCNS(=O)(=O)c1cccc(C(=O)N(C)Cc2ccccc2)c1. The van der Waals surface area contributed by atoms with Gasteiger partial charge >= 0.3 is 0 Å². The number of carbonyl (C=O) groups excluding carboxylic acids is 1. The van der Waals surface area contributed by atoms with E-state index < -0.39 is 10.0 Å². The number of hydrogen-bond donors (Lipinski definition) is 1. The number of rotatable bonds is 6. The van der Waals surface area contributed by atoms with E-state index in [1.807, 2.05) is 30.3 Å². The number of carbonyl (C=O) groups is 1. The second-order valence-electron chi connectivity index (χ2n) is 5.20. The summed E-state index contributed by atoms with van der Waals surface area (Å²) in [5.74, 6) is 1.95. The van der Waals surface area contributed by atoms with E-state index in [4.69, 9.17) is 6.42 Å². The molecule has 24 heavy (non-hydrogen) atoms. The van der Waals surface area contributed by atoms with Crippen molar-refractivity contribution in [1.29, 1.82) is 0 Å². The Bertz CT molecular complexity index is 855. The Morgan fingerprint density at radius 3 is 2.54 bits per heavy atom. The number of amides is 1. The van der Waals surface area contributed by atoms with Crippen LogP contribution in [0.1, 0.15) is 15.9 Å². The molecule has 0 aliphatic heterocycles. The summed E-state index contributed by atoms with van der Waals surface area (Å²) in [7, 11) is -2.05. The van der Waals surface area contributed by atoms with Crippen LogP contribution in [0.5, 0.6) is 0 Å². The van der Waals surface area contributed by atoms with Crippen molar-refractivity contribution >= 4 is 15.9 Å². The van der Waals surface area contributed by atoms with Gasteiger partial charge in [0.2, 0.25) is 10.0 Å². The summed E-state index contributed by atoms with van der Waals surface area (Å²) in [6, 6.07) is 15.5. The minimum Gasteiger partial charge on any atom is -0.337 e. The first-order valence-corrected chi connectivity index (χ1v) is 8.75. The molecule has 2 aromatic rings. The van der Waals surface area contributed by atoms with Crippen LogP contribution in [0.25, 0.3) is 0 Å². The molecule has 1 amide bonds. The van der Waals surface area contributed by atoms with Crippen LogP contribution >= 0.6 is 0 Å². The number of hydrogen-bond acceptors (Lipinski definition) is 3. The molecule has 124 valence electrons. The zero-order chi connectivity index (χ0) is 17.6. The van der Waals surface area contributed by atoms with E-state index in [-0.39, 0.29) is 17.3 Å². The molecule has 0 bridgehead atoms. The second-order valence-corrected chi connectivity index (χ2v) is 6.97. The van der Waals surface area contributed by atoms with E-state index in [9.17, 15) is 13.2 Å². The van der Waals surface area contributed by atoms with Gasteiger partial charge in [-0.05, 0) is 23.8 Å². The molecule has 6 heteroatoms. The van der Waals surface area contributed by atoms with Crippen molar-refractivity contribution in [1.82, 2.24) is 9.62 Å². The maximum atomic E-state index is 12.5. The number of sulfonamides is 1. The Morgan fingerprint density at radius 2 is 1.88 bits per heavy atom. The molecule has 0 radical (unpaired) electrons. The third kappa shape index (κ3) is 4.44. The number of nitrogens with zero attached hydrogens (tertiary/aromatic N) is 1. The van der Waals surface area contributed by atoms with Crippen molar-refractivity contribution in [2.45, 2.75) is 11.4 Å². The van der Waals surface area contributed by atoms with Crippen LogP contribution in [0.3, 0.4) is 0 Å². The lowest BCUT2D eigenvalue weighted by Gasteiger charge is -2.17. The predicted octanol–water partition coefficient (Wildman–Crippen LogP) is 1.87. The summed E-state index contributed by atoms with van der Waals surface area (Å²) in [6.45, 7) is 0.334. The van der Waals surface area contributed by atoms with Crippen LogP contribution in [0.4, 0.5) is 0 Å². The highest BCUT2D eigenvalue weighted by Crippen LogP contribution is 2.14. The van der Waals surface area contributed by atoms with Crippen molar-refractivity contribution in [2.75, 3.05) is 13.6 Å². The third-order valence-electron chi connectivity index (χ3n) is 3.36. The number of benzene rings is 2. The molecule has 0 heterocycles. The lowest BCUT2D eigenvalue weighted by atomic mass is 10.1. The zero-order valence-electron chi connectivity index (χ0n) is 13.3. The van der Waals surface area contributed by atoms with Crippen molar-refractivity contribution in [2.24, 2.45) is 0 Å². The van der Waals surface area contributed by atoms with E-state index in [2.05, 4.69) is 10.6 Å². The highest BCUT2D eigenvalue weighted by atomic mass is 32.2. The number of terminal acetylenes is 1. The average Bonchev–Trinajstić information content (AvgIpc) is 2.60. The Balaban J connectivity index is 2.18. The van der Waals surface area contributed by atoms with Crippen molar-refractivity contribution in [3.63, 3.8) is 0 Å². The first-order valence-electron chi connectivity index (χ1n) is 7.26. The van der Waals surface area contributed by atoms with Gasteiger partial charge in [0.25, 0.3) is 5.91 Å². The molecule has 2 rings (SSSR count). The molecule has 2 aromatic carbocycles. The Labute approximate surface area is 142 Å². The van der Waals surface area contributed by atoms with Gasteiger partial charge in [0.1, 0.15) is 0 Å². The van der Waals surface area contributed by atoms with Crippen molar-refractivity contribution in [3.8, 4) is 12.3 Å². The van der Waals surface area contributed by atoms with E-state index >= 15 is 0 Å². The summed E-state index contributed by atoms with van der Waals surface area (Å²) < 4.78 is 26.5. The maximum Gasteiger partial charge on any atom is 0.253 e. The molecule has 0 aromatic heterocycles.